The Labute approximate surface area is 187 Å². The van der Waals surface area contributed by atoms with Crippen molar-refractivity contribution in [3.05, 3.63) is 47.9 Å². The normalized spacial score (nSPS) is 22.8. The molecule has 2 aliphatic heterocycles. The van der Waals surface area contributed by atoms with Crippen LogP contribution in [0.15, 0.2) is 34.9 Å². The predicted molar refractivity (Wildman–Crippen MR) is 116 cm³/mol. The highest BCUT2D eigenvalue weighted by atomic mass is 19.1. The Balaban J connectivity index is 1.47. The molecule has 0 spiro atoms. The number of carbonyl (C=O) groups is 1. The number of ether oxygens (including phenoxy) is 2. The Kier molecular flexibility index (Phi) is 7.07. The van der Waals surface area contributed by atoms with E-state index in [1.165, 1.54) is 12.1 Å². The summed E-state index contributed by atoms with van der Waals surface area (Å²) in [6, 6.07) is 5.89. The zero-order chi connectivity index (χ0) is 22.6. The quantitative estimate of drug-likeness (QED) is 0.644. The Morgan fingerprint density at radius 2 is 1.94 bits per heavy atom. The van der Waals surface area contributed by atoms with E-state index in [2.05, 4.69) is 21.8 Å². The number of hydrogen-bond donors (Lipinski definition) is 0. The van der Waals surface area contributed by atoms with Gasteiger partial charge in [0.1, 0.15) is 30.0 Å². The number of benzene rings is 1. The van der Waals surface area contributed by atoms with Gasteiger partial charge in [0.05, 0.1) is 18.7 Å². The third kappa shape index (κ3) is 5.85. The van der Waals surface area contributed by atoms with Gasteiger partial charge in [0, 0.05) is 52.7 Å². The average molecular weight is 447 g/mol. The average Bonchev–Trinajstić information content (AvgIpc) is 3.18. The molecular weight excluding hydrogens is 415 g/mol. The topological polar surface area (TPSA) is 71.3 Å². The van der Waals surface area contributed by atoms with E-state index in [-0.39, 0.29) is 24.8 Å². The second-order valence-electron chi connectivity index (χ2n) is 8.70. The summed E-state index contributed by atoms with van der Waals surface area (Å²) in [6.45, 7) is 7.53. The van der Waals surface area contributed by atoms with Crippen LogP contribution in [0.2, 0.25) is 0 Å². The minimum atomic E-state index is -0.800. The Bertz CT molecular complexity index is 898. The summed E-state index contributed by atoms with van der Waals surface area (Å²) in [6.07, 6.45) is 1.89. The van der Waals surface area contributed by atoms with Crippen molar-refractivity contribution >= 4 is 5.91 Å². The molecule has 0 unspecified atom stereocenters. The molecule has 0 saturated carbocycles. The van der Waals surface area contributed by atoms with Crippen molar-refractivity contribution in [2.45, 2.75) is 25.5 Å². The van der Waals surface area contributed by atoms with Crippen molar-refractivity contribution in [2.75, 3.05) is 59.5 Å². The molecule has 4 rings (SSSR count). The summed E-state index contributed by atoms with van der Waals surface area (Å²) < 4.78 is 30.8. The number of rotatable bonds is 7. The van der Waals surface area contributed by atoms with Gasteiger partial charge >= 0.3 is 0 Å². The molecule has 1 atom stereocenters. The van der Waals surface area contributed by atoms with Gasteiger partial charge in [-0.2, -0.15) is 0 Å². The number of carbonyl (C=O) groups excluding carboxylic acids is 1. The Hall–Kier alpha value is -2.49. The van der Waals surface area contributed by atoms with Gasteiger partial charge in [-0.15, -0.1) is 0 Å². The van der Waals surface area contributed by atoms with Crippen molar-refractivity contribution in [3.63, 3.8) is 0 Å². The number of oxazole rings is 1. The standard InChI is InChI=1S/C23H31FN4O4/c1-18-25-20(15-30-18)14-27-11-12-32-23(16-27,17-31-21-5-3-19(24)4-6-21)13-22(29)28-9-7-26(2)8-10-28/h3-6,15H,7-14,16-17H2,1-2H3/t23-/m1/s1. The van der Waals surface area contributed by atoms with Crippen LogP contribution in [0.25, 0.3) is 0 Å². The minimum absolute atomic E-state index is 0.0694. The summed E-state index contributed by atoms with van der Waals surface area (Å²) in [5.41, 5.74) is 0.0504. The van der Waals surface area contributed by atoms with Gasteiger partial charge in [-0.3, -0.25) is 9.69 Å². The third-order valence-corrected chi connectivity index (χ3v) is 6.02. The van der Waals surface area contributed by atoms with E-state index in [1.807, 2.05) is 11.8 Å². The van der Waals surface area contributed by atoms with E-state index in [0.29, 0.717) is 44.4 Å². The molecule has 2 saturated heterocycles. The molecule has 2 aromatic rings. The van der Waals surface area contributed by atoms with Crippen molar-refractivity contribution in [3.8, 4) is 5.75 Å². The predicted octanol–water partition coefficient (Wildman–Crippen LogP) is 1.94. The highest BCUT2D eigenvalue weighted by Crippen LogP contribution is 2.27. The van der Waals surface area contributed by atoms with Crippen LogP contribution in [0.1, 0.15) is 18.0 Å². The van der Waals surface area contributed by atoms with Crippen molar-refractivity contribution in [1.29, 1.82) is 0 Å². The molecule has 2 aliphatic rings. The molecule has 1 aromatic heterocycles. The molecule has 32 heavy (non-hydrogen) atoms. The molecule has 3 heterocycles. The molecule has 0 N–H and O–H groups in total. The zero-order valence-corrected chi connectivity index (χ0v) is 18.8. The Morgan fingerprint density at radius 3 is 2.62 bits per heavy atom. The molecular formula is C23H31FN4O4. The lowest BCUT2D eigenvalue weighted by atomic mass is 9.96. The largest absolute Gasteiger partial charge is 0.491 e. The van der Waals surface area contributed by atoms with Gasteiger partial charge in [0.2, 0.25) is 5.91 Å². The third-order valence-electron chi connectivity index (χ3n) is 6.02. The lowest BCUT2D eigenvalue weighted by Crippen LogP contribution is -2.58. The number of hydrogen-bond acceptors (Lipinski definition) is 7. The summed E-state index contributed by atoms with van der Waals surface area (Å²) in [5.74, 6) is 0.926. The van der Waals surface area contributed by atoms with Crippen molar-refractivity contribution < 1.29 is 23.1 Å². The summed E-state index contributed by atoms with van der Waals surface area (Å²) in [4.78, 5) is 23.9. The molecule has 8 nitrogen and oxygen atoms in total. The van der Waals surface area contributed by atoms with Gasteiger partial charge in [0.25, 0.3) is 0 Å². The maximum absolute atomic E-state index is 13.3. The van der Waals surface area contributed by atoms with Gasteiger partial charge in [0.15, 0.2) is 5.89 Å². The fraction of sp³-hybridized carbons (Fsp3) is 0.565. The number of morpholine rings is 1. The summed E-state index contributed by atoms with van der Waals surface area (Å²) in [5, 5.41) is 0. The number of aryl methyl sites for hydroxylation is 1. The maximum Gasteiger partial charge on any atom is 0.225 e. The van der Waals surface area contributed by atoms with Gasteiger partial charge < -0.3 is 23.7 Å². The lowest BCUT2D eigenvalue weighted by Gasteiger charge is -2.43. The van der Waals surface area contributed by atoms with E-state index in [1.54, 1.807) is 18.4 Å². The van der Waals surface area contributed by atoms with Gasteiger partial charge in [-0.05, 0) is 31.3 Å². The van der Waals surface area contributed by atoms with E-state index in [9.17, 15) is 9.18 Å². The van der Waals surface area contributed by atoms with Crippen LogP contribution in [0.5, 0.6) is 5.75 Å². The monoisotopic (exact) mass is 446 g/mol. The van der Waals surface area contributed by atoms with Crippen molar-refractivity contribution in [2.24, 2.45) is 0 Å². The van der Waals surface area contributed by atoms with Crippen LogP contribution in [0, 0.1) is 12.7 Å². The van der Waals surface area contributed by atoms with Gasteiger partial charge in [-0.1, -0.05) is 0 Å². The maximum atomic E-state index is 13.3. The van der Waals surface area contributed by atoms with Crippen LogP contribution < -0.4 is 4.74 Å². The van der Waals surface area contributed by atoms with E-state index >= 15 is 0 Å². The van der Waals surface area contributed by atoms with Crippen LogP contribution in [-0.4, -0.2) is 90.7 Å². The van der Waals surface area contributed by atoms with Crippen LogP contribution in [0.4, 0.5) is 4.39 Å². The lowest BCUT2D eigenvalue weighted by molar-refractivity contribution is -0.158. The van der Waals surface area contributed by atoms with Gasteiger partial charge in [-0.25, -0.2) is 9.37 Å². The van der Waals surface area contributed by atoms with Crippen LogP contribution in [0.3, 0.4) is 0 Å². The molecule has 0 aliphatic carbocycles. The second-order valence-corrected chi connectivity index (χ2v) is 8.70. The van der Waals surface area contributed by atoms with E-state index < -0.39 is 5.60 Å². The number of aromatic nitrogens is 1. The molecule has 1 amide bonds. The summed E-state index contributed by atoms with van der Waals surface area (Å²) >= 11 is 0. The Morgan fingerprint density at radius 1 is 1.19 bits per heavy atom. The number of halogens is 1. The number of nitrogens with zero attached hydrogens (tertiary/aromatic N) is 4. The minimum Gasteiger partial charge on any atom is -0.491 e. The first-order chi connectivity index (χ1) is 15.4. The van der Waals surface area contributed by atoms with Crippen LogP contribution in [-0.2, 0) is 16.1 Å². The second kappa shape index (κ2) is 9.97. The van der Waals surface area contributed by atoms with E-state index in [0.717, 1.165) is 25.3 Å². The SMILES string of the molecule is Cc1nc(CN2CCO[C@](COc3ccc(F)cc3)(CC(=O)N3CCN(C)CC3)C2)co1. The molecule has 9 heteroatoms. The first-order valence-electron chi connectivity index (χ1n) is 11.0. The number of likely N-dealkylation sites (N-methyl/N-ethyl adjacent to an activating group) is 1. The molecule has 174 valence electrons. The molecule has 0 radical (unpaired) electrons. The fourth-order valence-corrected chi connectivity index (χ4v) is 4.20. The molecule has 0 bridgehead atoms. The van der Waals surface area contributed by atoms with Crippen LogP contribution >= 0.6 is 0 Å². The number of amides is 1. The zero-order valence-electron chi connectivity index (χ0n) is 18.8. The first kappa shape index (κ1) is 22.7. The first-order valence-corrected chi connectivity index (χ1v) is 11.0. The number of piperazine rings is 1. The summed E-state index contributed by atoms with van der Waals surface area (Å²) in [7, 11) is 2.06. The smallest absolute Gasteiger partial charge is 0.225 e. The molecule has 2 fully saturated rings. The molecule has 1 aromatic carbocycles. The fourth-order valence-electron chi connectivity index (χ4n) is 4.20. The van der Waals surface area contributed by atoms with E-state index in [4.69, 9.17) is 13.9 Å². The highest BCUT2D eigenvalue weighted by molar-refractivity contribution is 5.77. The highest BCUT2D eigenvalue weighted by Gasteiger charge is 2.41. The van der Waals surface area contributed by atoms with Crippen molar-refractivity contribution in [1.82, 2.24) is 19.7 Å².